The van der Waals surface area contributed by atoms with Crippen LogP contribution in [0.4, 0.5) is 5.88 Å². The molecule has 1 aromatic heterocycles. The highest BCUT2D eigenvalue weighted by Crippen LogP contribution is 2.33. The molecule has 0 atom stereocenters. The van der Waals surface area contributed by atoms with Crippen molar-refractivity contribution in [2.24, 2.45) is 0 Å². The Hall–Kier alpha value is -1.84. The second kappa shape index (κ2) is 6.73. The zero-order valence-electron chi connectivity index (χ0n) is 12.1. The molecule has 23 heavy (non-hydrogen) atoms. The van der Waals surface area contributed by atoms with E-state index in [4.69, 9.17) is 26.5 Å². The number of anilines is 1. The van der Waals surface area contributed by atoms with Gasteiger partial charge < -0.3 is 19.2 Å². The lowest BCUT2D eigenvalue weighted by Crippen LogP contribution is -2.35. The topological polar surface area (TPSA) is 83.2 Å². The number of morpholine rings is 1. The van der Waals surface area contributed by atoms with Crippen molar-refractivity contribution >= 4 is 52.1 Å². The van der Waals surface area contributed by atoms with Gasteiger partial charge in [0.1, 0.15) is 16.6 Å². The molecule has 7 nitrogen and oxygen atoms in total. The SMILES string of the molecule is O=C(O)CN1C(=O)C(=Cc2ccc(N3CCOCC3)o2)SC1=S. The van der Waals surface area contributed by atoms with Gasteiger partial charge in [-0.1, -0.05) is 24.0 Å². The van der Waals surface area contributed by atoms with E-state index in [1.54, 1.807) is 12.1 Å². The van der Waals surface area contributed by atoms with Crippen molar-refractivity contribution in [3.63, 3.8) is 0 Å². The van der Waals surface area contributed by atoms with Crippen LogP contribution < -0.4 is 4.90 Å². The molecule has 0 unspecified atom stereocenters. The Kier molecular flexibility index (Phi) is 4.69. The summed E-state index contributed by atoms with van der Waals surface area (Å²) in [6, 6.07) is 3.61. The van der Waals surface area contributed by atoms with Gasteiger partial charge in [0.15, 0.2) is 5.88 Å². The fraction of sp³-hybridized carbons (Fsp3) is 0.357. The lowest BCUT2D eigenvalue weighted by molar-refractivity contribution is -0.140. The minimum Gasteiger partial charge on any atom is -0.480 e. The highest BCUT2D eigenvalue weighted by molar-refractivity contribution is 8.26. The summed E-state index contributed by atoms with van der Waals surface area (Å²) in [5.74, 6) is -0.259. The summed E-state index contributed by atoms with van der Waals surface area (Å²) < 4.78 is 11.3. The largest absolute Gasteiger partial charge is 0.480 e. The molecule has 0 bridgehead atoms. The van der Waals surface area contributed by atoms with E-state index in [0.29, 0.717) is 23.9 Å². The number of thiocarbonyl (C=S) groups is 1. The van der Waals surface area contributed by atoms with Crippen molar-refractivity contribution in [2.75, 3.05) is 37.7 Å². The van der Waals surface area contributed by atoms with E-state index >= 15 is 0 Å². The molecule has 122 valence electrons. The molecular weight excluding hydrogens is 340 g/mol. The maximum Gasteiger partial charge on any atom is 0.323 e. The second-order valence-corrected chi connectivity index (χ2v) is 6.61. The molecule has 1 aromatic rings. The Morgan fingerprint density at radius 2 is 2.13 bits per heavy atom. The maximum atomic E-state index is 12.2. The summed E-state index contributed by atoms with van der Waals surface area (Å²) in [4.78, 5) is 26.5. The average molecular weight is 354 g/mol. The standard InChI is InChI=1S/C14H14N2O5S2/c17-12(18)8-16-13(19)10(23-14(16)22)7-9-1-2-11(21-9)15-3-5-20-6-4-15/h1-2,7H,3-6,8H2,(H,17,18). The van der Waals surface area contributed by atoms with Crippen LogP contribution in [-0.2, 0) is 14.3 Å². The molecule has 3 heterocycles. The first kappa shape index (κ1) is 16.0. The number of carboxylic acids is 1. The van der Waals surface area contributed by atoms with Crippen LogP contribution in [-0.4, -0.2) is 59.1 Å². The first-order valence-corrected chi connectivity index (χ1v) is 8.17. The molecule has 2 aliphatic rings. The third kappa shape index (κ3) is 3.57. The molecule has 0 aromatic carbocycles. The van der Waals surface area contributed by atoms with Crippen molar-refractivity contribution in [3.8, 4) is 0 Å². The number of hydrogen-bond acceptors (Lipinski definition) is 7. The van der Waals surface area contributed by atoms with Crippen LogP contribution in [0.1, 0.15) is 5.76 Å². The quantitative estimate of drug-likeness (QED) is 0.642. The molecule has 0 spiro atoms. The van der Waals surface area contributed by atoms with Gasteiger partial charge in [-0.2, -0.15) is 0 Å². The number of nitrogens with zero attached hydrogens (tertiary/aromatic N) is 2. The van der Waals surface area contributed by atoms with Crippen LogP contribution in [0, 0.1) is 0 Å². The van der Waals surface area contributed by atoms with Gasteiger partial charge in [-0.15, -0.1) is 0 Å². The van der Waals surface area contributed by atoms with E-state index in [1.165, 1.54) is 0 Å². The van der Waals surface area contributed by atoms with Crippen molar-refractivity contribution in [1.29, 1.82) is 0 Å². The Balaban J connectivity index is 1.74. The summed E-state index contributed by atoms with van der Waals surface area (Å²) in [5.41, 5.74) is 0. The van der Waals surface area contributed by atoms with E-state index in [0.717, 1.165) is 35.6 Å². The van der Waals surface area contributed by atoms with E-state index in [1.807, 2.05) is 6.07 Å². The number of carbonyl (C=O) groups is 2. The van der Waals surface area contributed by atoms with Crippen molar-refractivity contribution in [2.45, 2.75) is 0 Å². The Morgan fingerprint density at radius 1 is 1.39 bits per heavy atom. The van der Waals surface area contributed by atoms with E-state index in [2.05, 4.69) is 4.90 Å². The number of furan rings is 1. The summed E-state index contributed by atoms with van der Waals surface area (Å²) in [6.07, 6.45) is 1.59. The average Bonchev–Trinajstić information content (AvgIpc) is 3.09. The van der Waals surface area contributed by atoms with Gasteiger partial charge >= 0.3 is 5.97 Å². The van der Waals surface area contributed by atoms with Gasteiger partial charge in [-0.05, 0) is 6.07 Å². The Labute approximate surface area is 141 Å². The second-order valence-electron chi connectivity index (χ2n) is 4.94. The number of hydrogen-bond donors (Lipinski definition) is 1. The minimum atomic E-state index is -1.10. The summed E-state index contributed by atoms with van der Waals surface area (Å²) >= 11 is 6.12. The summed E-state index contributed by atoms with van der Waals surface area (Å²) in [5, 5.41) is 8.82. The molecular formula is C14H14N2O5S2. The summed E-state index contributed by atoms with van der Waals surface area (Å²) in [7, 11) is 0. The molecule has 9 heteroatoms. The van der Waals surface area contributed by atoms with Crippen molar-refractivity contribution < 1.29 is 23.8 Å². The number of aliphatic carboxylic acids is 1. The van der Waals surface area contributed by atoms with Crippen LogP contribution in [0.5, 0.6) is 0 Å². The van der Waals surface area contributed by atoms with Gasteiger partial charge in [0.05, 0.1) is 18.1 Å². The van der Waals surface area contributed by atoms with Gasteiger partial charge in [-0.25, -0.2) is 0 Å². The highest BCUT2D eigenvalue weighted by atomic mass is 32.2. The zero-order chi connectivity index (χ0) is 16.4. The lowest BCUT2D eigenvalue weighted by atomic mass is 10.3. The normalized spacial score (nSPS) is 20.6. The fourth-order valence-corrected chi connectivity index (χ4v) is 3.51. The van der Waals surface area contributed by atoms with Crippen LogP contribution in [0.2, 0.25) is 0 Å². The predicted molar refractivity (Wildman–Crippen MR) is 89.3 cm³/mol. The predicted octanol–water partition coefficient (Wildman–Crippen LogP) is 1.40. The van der Waals surface area contributed by atoms with Crippen LogP contribution in [0.25, 0.3) is 6.08 Å². The minimum absolute atomic E-state index is 0.239. The number of ether oxygens (including phenoxy) is 1. The third-order valence-electron chi connectivity index (χ3n) is 3.38. The van der Waals surface area contributed by atoms with Crippen molar-refractivity contribution in [1.82, 2.24) is 4.90 Å². The third-order valence-corrected chi connectivity index (χ3v) is 4.75. The highest BCUT2D eigenvalue weighted by Gasteiger charge is 2.33. The van der Waals surface area contributed by atoms with E-state index in [-0.39, 0.29) is 4.32 Å². The zero-order valence-corrected chi connectivity index (χ0v) is 13.7. The lowest BCUT2D eigenvalue weighted by Gasteiger charge is -2.26. The monoisotopic (exact) mass is 354 g/mol. The van der Waals surface area contributed by atoms with Crippen LogP contribution in [0.3, 0.4) is 0 Å². The Bertz CT molecular complexity index is 678. The first-order valence-electron chi connectivity index (χ1n) is 6.94. The molecule has 0 radical (unpaired) electrons. The van der Waals surface area contributed by atoms with Gasteiger partial charge in [-0.3, -0.25) is 14.5 Å². The molecule has 0 aliphatic carbocycles. The number of carbonyl (C=O) groups excluding carboxylic acids is 1. The number of rotatable bonds is 4. The molecule has 2 aliphatic heterocycles. The van der Waals surface area contributed by atoms with E-state index < -0.39 is 18.4 Å². The van der Waals surface area contributed by atoms with Gasteiger partial charge in [0.2, 0.25) is 0 Å². The number of carboxylic acid groups (broad SMARTS) is 1. The van der Waals surface area contributed by atoms with Crippen molar-refractivity contribution in [3.05, 3.63) is 22.8 Å². The van der Waals surface area contributed by atoms with Crippen LogP contribution in [0.15, 0.2) is 21.5 Å². The van der Waals surface area contributed by atoms with E-state index in [9.17, 15) is 9.59 Å². The molecule has 3 rings (SSSR count). The van der Waals surface area contributed by atoms with Crippen LogP contribution >= 0.6 is 24.0 Å². The number of amides is 1. The first-order chi connectivity index (χ1) is 11.0. The maximum absolute atomic E-state index is 12.2. The molecule has 0 saturated carbocycles. The van der Waals surface area contributed by atoms with Gasteiger partial charge in [0.25, 0.3) is 5.91 Å². The molecule has 1 N–H and O–H groups in total. The molecule has 2 saturated heterocycles. The smallest absolute Gasteiger partial charge is 0.323 e. The molecule has 1 amide bonds. The Morgan fingerprint density at radius 3 is 2.83 bits per heavy atom. The summed E-state index contributed by atoms with van der Waals surface area (Å²) in [6.45, 7) is 2.40. The molecule has 2 fully saturated rings. The fourth-order valence-electron chi connectivity index (χ4n) is 2.27. The number of thioether (sulfide) groups is 1. The van der Waals surface area contributed by atoms with Gasteiger partial charge in [0, 0.05) is 25.2 Å².